The molecule has 98 valence electrons. The largest absolute Gasteiger partial charge is 0.399 e. The predicted molar refractivity (Wildman–Crippen MR) is 80.6 cm³/mol. The second-order valence-electron chi connectivity index (χ2n) is 4.49. The zero-order chi connectivity index (χ0) is 13.9. The van der Waals surface area contributed by atoms with Crippen molar-refractivity contribution in [3.8, 4) is 0 Å². The van der Waals surface area contributed by atoms with Crippen molar-refractivity contribution in [2.24, 2.45) is 0 Å². The van der Waals surface area contributed by atoms with Gasteiger partial charge in [-0.25, -0.2) is 0 Å². The summed E-state index contributed by atoms with van der Waals surface area (Å²) in [6.07, 6.45) is 1.75. The fraction of sp³-hybridized carbons (Fsp3) is 0. The molecule has 0 unspecified atom stereocenters. The lowest BCUT2D eigenvalue weighted by atomic mass is 10.1. The maximum atomic E-state index is 12.1. The van der Waals surface area contributed by atoms with Crippen molar-refractivity contribution >= 4 is 28.2 Å². The molecule has 4 heteroatoms. The molecule has 20 heavy (non-hydrogen) atoms. The maximum Gasteiger partial charge on any atom is 0.255 e. The molecular formula is C16H13N3O. The lowest BCUT2D eigenvalue weighted by molar-refractivity contribution is 0.102. The number of nitrogens with one attached hydrogen (secondary N) is 1. The van der Waals surface area contributed by atoms with Gasteiger partial charge in [0.25, 0.3) is 5.91 Å². The molecule has 0 fully saturated rings. The first-order valence-electron chi connectivity index (χ1n) is 6.24. The standard InChI is InChI=1S/C16H13N3O/c17-13-5-3-11(4-6-13)16(20)19-14-7-8-15-12(10-14)2-1-9-18-15/h1-10H,17H2,(H,19,20). The molecule has 0 aliphatic carbocycles. The van der Waals surface area contributed by atoms with Gasteiger partial charge in [0.2, 0.25) is 0 Å². The summed E-state index contributed by atoms with van der Waals surface area (Å²) in [5.74, 6) is -0.159. The molecule has 3 N–H and O–H groups in total. The van der Waals surface area contributed by atoms with Crippen LogP contribution in [0.1, 0.15) is 10.4 Å². The zero-order valence-corrected chi connectivity index (χ0v) is 10.7. The van der Waals surface area contributed by atoms with Crippen molar-refractivity contribution < 1.29 is 4.79 Å². The number of aromatic nitrogens is 1. The maximum absolute atomic E-state index is 12.1. The minimum atomic E-state index is -0.159. The number of nitrogen functional groups attached to an aromatic ring is 1. The third-order valence-corrected chi connectivity index (χ3v) is 3.03. The number of nitrogens with two attached hydrogens (primary N) is 1. The molecule has 1 aromatic heterocycles. The molecule has 0 bridgehead atoms. The molecule has 4 nitrogen and oxygen atoms in total. The summed E-state index contributed by atoms with van der Waals surface area (Å²) in [4.78, 5) is 16.3. The molecule has 0 aliphatic heterocycles. The lowest BCUT2D eigenvalue weighted by Crippen LogP contribution is -2.11. The highest BCUT2D eigenvalue weighted by Crippen LogP contribution is 2.18. The Morgan fingerprint density at radius 2 is 1.85 bits per heavy atom. The quantitative estimate of drug-likeness (QED) is 0.698. The second kappa shape index (κ2) is 5.01. The number of benzene rings is 2. The molecule has 2 aromatic carbocycles. The van der Waals surface area contributed by atoms with E-state index in [4.69, 9.17) is 5.73 Å². The molecule has 1 heterocycles. The van der Waals surface area contributed by atoms with Gasteiger partial charge in [0.05, 0.1) is 5.52 Å². The summed E-state index contributed by atoms with van der Waals surface area (Å²) >= 11 is 0. The van der Waals surface area contributed by atoms with E-state index in [-0.39, 0.29) is 5.91 Å². The number of carbonyl (C=O) groups excluding carboxylic acids is 1. The molecule has 0 aliphatic rings. The van der Waals surface area contributed by atoms with Gasteiger partial charge in [-0.05, 0) is 48.5 Å². The van der Waals surface area contributed by atoms with E-state index in [2.05, 4.69) is 10.3 Å². The van der Waals surface area contributed by atoms with Gasteiger partial charge in [-0.1, -0.05) is 6.07 Å². The van der Waals surface area contributed by atoms with E-state index in [0.717, 1.165) is 16.6 Å². The van der Waals surface area contributed by atoms with E-state index >= 15 is 0 Å². The van der Waals surface area contributed by atoms with Gasteiger partial charge in [0, 0.05) is 28.5 Å². The van der Waals surface area contributed by atoms with Crippen molar-refractivity contribution in [1.82, 2.24) is 4.98 Å². The van der Waals surface area contributed by atoms with Crippen LogP contribution in [-0.2, 0) is 0 Å². The van der Waals surface area contributed by atoms with Crippen molar-refractivity contribution in [3.05, 3.63) is 66.4 Å². The zero-order valence-electron chi connectivity index (χ0n) is 10.7. The van der Waals surface area contributed by atoms with Crippen LogP contribution >= 0.6 is 0 Å². The van der Waals surface area contributed by atoms with Crippen LogP contribution in [0.2, 0.25) is 0 Å². The summed E-state index contributed by atoms with van der Waals surface area (Å²) in [6, 6.07) is 16.3. The average molecular weight is 263 g/mol. The first-order chi connectivity index (χ1) is 9.72. The van der Waals surface area contributed by atoms with E-state index in [1.807, 2.05) is 30.3 Å². The summed E-state index contributed by atoms with van der Waals surface area (Å²) in [6.45, 7) is 0. The Kier molecular flexibility index (Phi) is 3.05. The highest BCUT2D eigenvalue weighted by atomic mass is 16.1. The molecule has 0 radical (unpaired) electrons. The molecule has 0 saturated heterocycles. The van der Waals surface area contributed by atoms with Crippen molar-refractivity contribution in [2.75, 3.05) is 11.1 Å². The minimum Gasteiger partial charge on any atom is -0.399 e. The Morgan fingerprint density at radius 3 is 2.65 bits per heavy atom. The van der Waals surface area contributed by atoms with Gasteiger partial charge >= 0.3 is 0 Å². The number of rotatable bonds is 2. The number of pyridine rings is 1. The second-order valence-corrected chi connectivity index (χ2v) is 4.49. The Hall–Kier alpha value is -2.88. The number of nitrogens with zero attached hydrogens (tertiary/aromatic N) is 1. The van der Waals surface area contributed by atoms with Crippen molar-refractivity contribution in [2.45, 2.75) is 0 Å². The first-order valence-corrected chi connectivity index (χ1v) is 6.24. The average Bonchev–Trinajstić information content (AvgIpc) is 2.48. The summed E-state index contributed by atoms with van der Waals surface area (Å²) < 4.78 is 0. The Balaban J connectivity index is 1.85. The van der Waals surface area contributed by atoms with Crippen LogP contribution in [0.3, 0.4) is 0 Å². The van der Waals surface area contributed by atoms with Gasteiger partial charge < -0.3 is 11.1 Å². The topological polar surface area (TPSA) is 68.0 Å². The molecule has 1 amide bonds. The molecule has 3 rings (SSSR count). The van der Waals surface area contributed by atoms with Gasteiger partial charge in [-0.2, -0.15) is 0 Å². The number of hydrogen-bond donors (Lipinski definition) is 2. The fourth-order valence-corrected chi connectivity index (χ4v) is 1.99. The van der Waals surface area contributed by atoms with E-state index in [0.29, 0.717) is 11.3 Å². The number of fused-ring (bicyclic) bond motifs is 1. The van der Waals surface area contributed by atoms with Crippen molar-refractivity contribution in [3.63, 3.8) is 0 Å². The van der Waals surface area contributed by atoms with Gasteiger partial charge in [0.15, 0.2) is 0 Å². The van der Waals surface area contributed by atoms with Gasteiger partial charge in [0.1, 0.15) is 0 Å². The predicted octanol–water partition coefficient (Wildman–Crippen LogP) is 3.07. The monoisotopic (exact) mass is 263 g/mol. The lowest BCUT2D eigenvalue weighted by Gasteiger charge is -2.06. The van der Waals surface area contributed by atoms with E-state index in [1.54, 1.807) is 30.5 Å². The van der Waals surface area contributed by atoms with Crippen molar-refractivity contribution in [1.29, 1.82) is 0 Å². The van der Waals surface area contributed by atoms with E-state index < -0.39 is 0 Å². The summed E-state index contributed by atoms with van der Waals surface area (Å²) in [5, 5.41) is 3.85. The smallest absolute Gasteiger partial charge is 0.255 e. The summed E-state index contributed by atoms with van der Waals surface area (Å²) in [7, 11) is 0. The van der Waals surface area contributed by atoms with Crippen LogP contribution in [0.15, 0.2) is 60.8 Å². The van der Waals surface area contributed by atoms with Crippen LogP contribution in [0.4, 0.5) is 11.4 Å². The number of carbonyl (C=O) groups is 1. The Morgan fingerprint density at radius 1 is 1.05 bits per heavy atom. The first kappa shape index (κ1) is 12.2. The molecule has 0 atom stereocenters. The number of amides is 1. The van der Waals surface area contributed by atoms with E-state index in [1.165, 1.54) is 0 Å². The molecule has 3 aromatic rings. The van der Waals surface area contributed by atoms with Gasteiger partial charge in [-0.15, -0.1) is 0 Å². The highest BCUT2D eigenvalue weighted by Gasteiger charge is 2.06. The third-order valence-electron chi connectivity index (χ3n) is 3.03. The molecule has 0 spiro atoms. The fourth-order valence-electron chi connectivity index (χ4n) is 1.99. The van der Waals surface area contributed by atoms with Crippen LogP contribution in [0.25, 0.3) is 10.9 Å². The SMILES string of the molecule is Nc1ccc(C(=O)Nc2ccc3ncccc3c2)cc1. The van der Waals surface area contributed by atoms with Crippen LogP contribution in [-0.4, -0.2) is 10.9 Å². The number of hydrogen-bond acceptors (Lipinski definition) is 3. The third kappa shape index (κ3) is 2.44. The number of anilines is 2. The Labute approximate surface area is 116 Å². The summed E-state index contributed by atoms with van der Waals surface area (Å²) in [5.41, 5.74) is 8.46. The van der Waals surface area contributed by atoms with E-state index in [9.17, 15) is 4.79 Å². The van der Waals surface area contributed by atoms with Gasteiger partial charge in [-0.3, -0.25) is 9.78 Å². The van der Waals surface area contributed by atoms with Crippen LogP contribution in [0, 0.1) is 0 Å². The minimum absolute atomic E-state index is 0.159. The molecule has 0 saturated carbocycles. The molecular weight excluding hydrogens is 250 g/mol. The Bertz CT molecular complexity index is 766. The van der Waals surface area contributed by atoms with Crippen LogP contribution in [0.5, 0.6) is 0 Å². The van der Waals surface area contributed by atoms with Crippen LogP contribution < -0.4 is 11.1 Å². The highest BCUT2D eigenvalue weighted by molar-refractivity contribution is 6.05. The normalized spacial score (nSPS) is 10.4.